The van der Waals surface area contributed by atoms with Crippen LogP contribution in [0.3, 0.4) is 0 Å². The summed E-state index contributed by atoms with van der Waals surface area (Å²) in [6.07, 6.45) is 5.37. The Morgan fingerprint density at radius 1 is 1.41 bits per heavy atom. The molecular weight excluding hydrogens is 214 g/mol. The Bertz CT molecular complexity index is 363. The van der Waals surface area contributed by atoms with E-state index in [9.17, 15) is 0 Å². The molecule has 0 atom stereocenters. The van der Waals surface area contributed by atoms with Gasteiger partial charge in [0, 0.05) is 12.0 Å². The minimum atomic E-state index is -0.117. The molecule has 1 aliphatic rings. The van der Waals surface area contributed by atoms with Crippen LogP contribution in [0.5, 0.6) is 0 Å². The molecule has 1 aromatic heterocycles. The molecule has 1 aliphatic carbocycles. The van der Waals surface area contributed by atoms with Gasteiger partial charge in [0.2, 0.25) is 0 Å². The van der Waals surface area contributed by atoms with E-state index in [4.69, 9.17) is 5.73 Å². The highest BCUT2D eigenvalue weighted by atomic mass is 15.6. The first-order chi connectivity index (χ1) is 7.98. The number of nitrogens with zero attached hydrogens (tertiary/aromatic N) is 4. The summed E-state index contributed by atoms with van der Waals surface area (Å²) in [6.45, 7) is 4.61. The van der Waals surface area contributed by atoms with Crippen molar-refractivity contribution in [1.29, 1.82) is 0 Å². The Hall–Kier alpha value is -0.970. The first kappa shape index (κ1) is 12.5. The predicted octanol–water partition coefficient (Wildman–Crippen LogP) is 1.30. The van der Waals surface area contributed by atoms with E-state index in [1.54, 1.807) is 7.05 Å². The average molecular weight is 237 g/mol. The summed E-state index contributed by atoms with van der Waals surface area (Å²) in [5.41, 5.74) is 6.33. The van der Waals surface area contributed by atoms with Crippen molar-refractivity contribution in [3.63, 3.8) is 0 Å². The van der Waals surface area contributed by atoms with Gasteiger partial charge in [0.25, 0.3) is 0 Å². The summed E-state index contributed by atoms with van der Waals surface area (Å²) in [4.78, 5) is 1.50. The summed E-state index contributed by atoms with van der Waals surface area (Å²) < 4.78 is 0. The van der Waals surface area contributed by atoms with Crippen LogP contribution in [0.15, 0.2) is 0 Å². The smallest absolute Gasteiger partial charge is 0.176 e. The van der Waals surface area contributed by atoms with E-state index < -0.39 is 0 Å². The zero-order valence-electron chi connectivity index (χ0n) is 11.1. The molecule has 96 valence electrons. The maximum absolute atomic E-state index is 6.45. The Balaban J connectivity index is 1.93. The fourth-order valence-corrected chi connectivity index (χ4v) is 2.77. The second-order valence-corrected chi connectivity index (χ2v) is 5.82. The number of hydrogen-bond donors (Lipinski definition) is 1. The van der Waals surface area contributed by atoms with Crippen LogP contribution in [0.1, 0.15) is 45.4 Å². The van der Waals surface area contributed by atoms with E-state index in [1.807, 2.05) is 0 Å². The van der Waals surface area contributed by atoms with Gasteiger partial charge in [0.05, 0.1) is 7.05 Å². The molecule has 17 heavy (non-hydrogen) atoms. The third kappa shape index (κ3) is 3.03. The monoisotopic (exact) mass is 237 g/mol. The molecule has 0 radical (unpaired) electrons. The lowest BCUT2D eigenvalue weighted by atomic mass is 9.72. The Morgan fingerprint density at radius 3 is 2.53 bits per heavy atom. The van der Waals surface area contributed by atoms with E-state index in [0.717, 1.165) is 36.9 Å². The molecular formula is C12H23N5. The molecule has 2 N–H and O–H groups in total. The fraction of sp³-hybridized carbons (Fsp3) is 0.917. The summed E-state index contributed by atoms with van der Waals surface area (Å²) in [7, 11) is 1.79. The maximum Gasteiger partial charge on any atom is 0.176 e. The van der Waals surface area contributed by atoms with Gasteiger partial charge in [-0.1, -0.05) is 13.8 Å². The first-order valence-corrected chi connectivity index (χ1v) is 6.50. The molecule has 5 heteroatoms. The molecule has 1 fully saturated rings. The number of nitrogens with two attached hydrogens (primary N) is 1. The van der Waals surface area contributed by atoms with Crippen LogP contribution >= 0.6 is 0 Å². The second kappa shape index (κ2) is 4.72. The lowest BCUT2D eigenvalue weighted by molar-refractivity contribution is 0.192. The van der Waals surface area contributed by atoms with Crippen molar-refractivity contribution in [3.8, 4) is 0 Å². The topological polar surface area (TPSA) is 69.6 Å². The van der Waals surface area contributed by atoms with Crippen molar-refractivity contribution < 1.29 is 0 Å². The largest absolute Gasteiger partial charge is 0.325 e. The summed E-state index contributed by atoms with van der Waals surface area (Å²) in [6, 6.07) is 0. The highest BCUT2D eigenvalue weighted by Gasteiger charge is 2.33. The Morgan fingerprint density at radius 2 is 2.06 bits per heavy atom. The second-order valence-electron chi connectivity index (χ2n) is 5.82. The van der Waals surface area contributed by atoms with Gasteiger partial charge in [-0.05, 0) is 42.7 Å². The molecule has 0 spiro atoms. The molecule has 1 aromatic rings. The molecule has 0 bridgehead atoms. The van der Waals surface area contributed by atoms with Crippen LogP contribution in [0, 0.1) is 11.8 Å². The Kier molecular flexibility index (Phi) is 3.47. The minimum Gasteiger partial charge on any atom is -0.325 e. The van der Waals surface area contributed by atoms with Gasteiger partial charge >= 0.3 is 0 Å². The van der Waals surface area contributed by atoms with Gasteiger partial charge in [0.1, 0.15) is 0 Å². The molecule has 2 rings (SSSR count). The minimum absolute atomic E-state index is 0.117. The van der Waals surface area contributed by atoms with Crippen molar-refractivity contribution in [1.82, 2.24) is 20.2 Å². The van der Waals surface area contributed by atoms with E-state index in [2.05, 4.69) is 29.3 Å². The zero-order valence-corrected chi connectivity index (χ0v) is 11.1. The third-order valence-electron chi connectivity index (χ3n) is 4.03. The summed E-state index contributed by atoms with van der Waals surface area (Å²) in [5.74, 6) is 2.38. The van der Waals surface area contributed by atoms with Crippen LogP contribution in [0.25, 0.3) is 0 Å². The maximum atomic E-state index is 6.45. The summed E-state index contributed by atoms with van der Waals surface area (Å²) in [5, 5.41) is 12.1. The van der Waals surface area contributed by atoms with Crippen molar-refractivity contribution in [2.45, 2.75) is 51.5 Å². The molecule has 0 aliphatic heterocycles. The standard InChI is InChI=1S/C12H23N5/c1-9(2)10-4-6-12(13,7-5-10)8-11-14-16-17(3)15-11/h9-10H,4-8,13H2,1-3H3. The quantitative estimate of drug-likeness (QED) is 0.860. The third-order valence-corrected chi connectivity index (χ3v) is 4.03. The highest BCUT2D eigenvalue weighted by Crippen LogP contribution is 2.35. The van der Waals surface area contributed by atoms with Crippen LogP contribution in [0.2, 0.25) is 0 Å². The van der Waals surface area contributed by atoms with Crippen LogP contribution in [-0.2, 0) is 13.5 Å². The Labute approximate surface area is 103 Å². The predicted molar refractivity (Wildman–Crippen MR) is 66.2 cm³/mol. The molecule has 0 saturated heterocycles. The van der Waals surface area contributed by atoms with Crippen molar-refractivity contribution >= 4 is 0 Å². The number of tetrazole rings is 1. The first-order valence-electron chi connectivity index (χ1n) is 6.50. The SMILES string of the molecule is CC(C)C1CCC(N)(Cc2nnn(C)n2)CC1. The van der Waals surface area contributed by atoms with Crippen LogP contribution < -0.4 is 5.73 Å². The van der Waals surface area contributed by atoms with Gasteiger partial charge < -0.3 is 5.73 Å². The molecule has 0 aromatic carbocycles. The van der Waals surface area contributed by atoms with E-state index in [-0.39, 0.29) is 5.54 Å². The lowest BCUT2D eigenvalue weighted by Crippen LogP contribution is -2.46. The molecule has 5 nitrogen and oxygen atoms in total. The van der Waals surface area contributed by atoms with Gasteiger partial charge in [-0.3, -0.25) is 0 Å². The lowest BCUT2D eigenvalue weighted by Gasteiger charge is -2.38. The number of aromatic nitrogens is 4. The molecule has 0 unspecified atom stereocenters. The summed E-state index contributed by atoms with van der Waals surface area (Å²) >= 11 is 0. The van der Waals surface area contributed by atoms with E-state index in [1.165, 1.54) is 17.6 Å². The normalized spacial score (nSPS) is 29.8. The molecule has 1 saturated carbocycles. The van der Waals surface area contributed by atoms with Crippen LogP contribution in [-0.4, -0.2) is 25.7 Å². The number of hydrogen-bond acceptors (Lipinski definition) is 4. The molecule has 1 heterocycles. The van der Waals surface area contributed by atoms with Gasteiger partial charge in [-0.2, -0.15) is 4.80 Å². The average Bonchev–Trinajstić information content (AvgIpc) is 2.63. The van der Waals surface area contributed by atoms with E-state index in [0.29, 0.717) is 0 Å². The van der Waals surface area contributed by atoms with Crippen molar-refractivity contribution in [2.24, 2.45) is 24.6 Å². The highest BCUT2D eigenvalue weighted by molar-refractivity contribution is 4.97. The van der Waals surface area contributed by atoms with Gasteiger partial charge in [-0.15, -0.1) is 10.2 Å². The van der Waals surface area contributed by atoms with Gasteiger partial charge in [0.15, 0.2) is 5.82 Å². The molecule has 0 amide bonds. The number of aryl methyl sites for hydroxylation is 1. The number of rotatable bonds is 3. The van der Waals surface area contributed by atoms with Crippen LogP contribution in [0.4, 0.5) is 0 Å². The fourth-order valence-electron chi connectivity index (χ4n) is 2.77. The van der Waals surface area contributed by atoms with E-state index >= 15 is 0 Å². The van der Waals surface area contributed by atoms with Crippen molar-refractivity contribution in [3.05, 3.63) is 5.82 Å². The van der Waals surface area contributed by atoms with Gasteiger partial charge in [-0.25, -0.2) is 0 Å². The van der Waals surface area contributed by atoms with Crippen molar-refractivity contribution in [2.75, 3.05) is 0 Å². The zero-order chi connectivity index (χ0) is 12.5.